The molecule has 0 fully saturated rings. The molecule has 0 N–H and O–H groups in total. The summed E-state index contributed by atoms with van der Waals surface area (Å²) in [7, 11) is 1.64. The molecule has 0 saturated carbocycles. The Morgan fingerprint density at radius 3 is 2.71 bits per heavy atom. The van der Waals surface area contributed by atoms with Gasteiger partial charge in [0.05, 0.1) is 13.2 Å². The highest BCUT2D eigenvalue weighted by Gasteiger charge is 2.36. The highest BCUT2D eigenvalue weighted by atomic mass is 16.5. The molecule has 1 atom stereocenters. The van der Waals surface area contributed by atoms with E-state index >= 15 is 0 Å². The number of hydrogen-bond donors (Lipinski definition) is 0. The minimum absolute atomic E-state index is 0.0596. The number of methoxy groups -OCH3 is 1. The van der Waals surface area contributed by atoms with Crippen LogP contribution in [-0.4, -0.2) is 55.6 Å². The SMILES string of the molecule is CCn1ccc(-c2nnc3n2[C@H](Cc2ccccc2)C(=O)N(CCOC)C3)n1. The molecule has 0 aliphatic carbocycles. The van der Waals surface area contributed by atoms with Crippen molar-refractivity contribution >= 4 is 5.91 Å². The van der Waals surface area contributed by atoms with Gasteiger partial charge < -0.3 is 9.64 Å². The van der Waals surface area contributed by atoms with Crippen LogP contribution in [0, 0.1) is 0 Å². The van der Waals surface area contributed by atoms with Gasteiger partial charge in [0.25, 0.3) is 0 Å². The molecule has 0 spiro atoms. The molecule has 1 aromatic carbocycles. The molecule has 0 saturated heterocycles. The molecule has 0 radical (unpaired) electrons. The predicted molar refractivity (Wildman–Crippen MR) is 103 cm³/mol. The molecular weight excluding hydrogens is 356 g/mol. The molecule has 28 heavy (non-hydrogen) atoms. The van der Waals surface area contributed by atoms with E-state index in [1.165, 1.54) is 0 Å². The molecule has 1 aliphatic heterocycles. The van der Waals surface area contributed by atoms with E-state index in [2.05, 4.69) is 15.3 Å². The van der Waals surface area contributed by atoms with Crippen LogP contribution in [0.15, 0.2) is 42.6 Å². The molecule has 8 heteroatoms. The molecular formula is C20H24N6O2. The van der Waals surface area contributed by atoms with Crippen LogP contribution < -0.4 is 0 Å². The van der Waals surface area contributed by atoms with Crippen LogP contribution in [0.5, 0.6) is 0 Å². The van der Waals surface area contributed by atoms with E-state index in [-0.39, 0.29) is 5.91 Å². The number of fused-ring (bicyclic) bond motifs is 1. The fourth-order valence-corrected chi connectivity index (χ4v) is 3.57. The lowest BCUT2D eigenvalue weighted by Gasteiger charge is -2.33. The Kier molecular flexibility index (Phi) is 5.21. The number of nitrogens with zero attached hydrogens (tertiary/aromatic N) is 6. The Morgan fingerprint density at radius 1 is 1.18 bits per heavy atom. The van der Waals surface area contributed by atoms with E-state index in [0.29, 0.717) is 31.9 Å². The zero-order valence-electron chi connectivity index (χ0n) is 16.2. The second kappa shape index (κ2) is 7.93. The normalized spacial score (nSPS) is 16.4. The van der Waals surface area contributed by atoms with Crippen molar-refractivity contribution < 1.29 is 9.53 Å². The molecule has 1 aliphatic rings. The lowest BCUT2D eigenvalue weighted by molar-refractivity contribution is -0.138. The summed E-state index contributed by atoms with van der Waals surface area (Å²) in [5.74, 6) is 1.48. The van der Waals surface area contributed by atoms with Gasteiger partial charge in [-0.2, -0.15) is 5.10 Å². The molecule has 2 aromatic heterocycles. The van der Waals surface area contributed by atoms with Gasteiger partial charge in [-0.05, 0) is 18.6 Å². The van der Waals surface area contributed by atoms with Crippen molar-refractivity contribution in [2.45, 2.75) is 32.5 Å². The van der Waals surface area contributed by atoms with Crippen molar-refractivity contribution in [3.63, 3.8) is 0 Å². The fraction of sp³-hybridized carbons (Fsp3) is 0.400. The van der Waals surface area contributed by atoms with Gasteiger partial charge in [-0.1, -0.05) is 30.3 Å². The molecule has 0 unspecified atom stereocenters. The van der Waals surface area contributed by atoms with Gasteiger partial charge in [-0.15, -0.1) is 10.2 Å². The minimum atomic E-state index is -0.403. The van der Waals surface area contributed by atoms with E-state index < -0.39 is 6.04 Å². The maximum atomic E-state index is 13.3. The van der Waals surface area contributed by atoms with Crippen LogP contribution in [0.25, 0.3) is 11.5 Å². The number of amides is 1. The maximum Gasteiger partial charge on any atom is 0.246 e. The summed E-state index contributed by atoms with van der Waals surface area (Å²) in [4.78, 5) is 15.1. The molecule has 3 heterocycles. The molecule has 1 amide bonds. The first-order valence-corrected chi connectivity index (χ1v) is 9.50. The minimum Gasteiger partial charge on any atom is -0.383 e. The van der Waals surface area contributed by atoms with Crippen LogP contribution in [0.3, 0.4) is 0 Å². The molecule has 3 aromatic rings. The largest absolute Gasteiger partial charge is 0.383 e. The number of aromatic nitrogens is 5. The highest BCUT2D eigenvalue weighted by molar-refractivity contribution is 5.82. The number of aryl methyl sites for hydroxylation is 1. The first kappa shape index (κ1) is 18.4. The van der Waals surface area contributed by atoms with Gasteiger partial charge in [-0.3, -0.25) is 14.0 Å². The zero-order valence-corrected chi connectivity index (χ0v) is 16.2. The van der Waals surface area contributed by atoms with Crippen LogP contribution >= 0.6 is 0 Å². The molecule has 8 nitrogen and oxygen atoms in total. The fourth-order valence-electron chi connectivity index (χ4n) is 3.57. The number of ether oxygens (including phenoxy) is 1. The van der Waals surface area contributed by atoms with Gasteiger partial charge in [-0.25, -0.2) is 0 Å². The van der Waals surface area contributed by atoms with Gasteiger partial charge in [0, 0.05) is 32.8 Å². The van der Waals surface area contributed by atoms with Crippen molar-refractivity contribution in [3.05, 3.63) is 54.0 Å². The average molecular weight is 380 g/mol. The first-order valence-electron chi connectivity index (χ1n) is 9.50. The van der Waals surface area contributed by atoms with Crippen LogP contribution in [0.4, 0.5) is 0 Å². The van der Waals surface area contributed by atoms with E-state index in [9.17, 15) is 4.79 Å². The summed E-state index contributed by atoms with van der Waals surface area (Å²) in [6, 6.07) is 11.5. The average Bonchev–Trinajstić information content (AvgIpc) is 3.36. The van der Waals surface area contributed by atoms with E-state index in [0.717, 1.165) is 23.6 Å². The zero-order chi connectivity index (χ0) is 19.5. The Hall–Kier alpha value is -3.00. The lowest BCUT2D eigenvalue weighted by Crippen LogP contribution is -2.45. The standard InChI is InChI=1S/C20H24N6O2/c1-3-25-10-9-16(23-25)19-22-21-18-14-24(11-12-28-2)20(27)17(26(18)19)13-15-7-5-4-6-8-15/h4-10,17H,3,11-14H2,1-2H3/t17-/m1/s1. The number of hydrogen-bond acceptors (Lipinski definition) is 5. The predicted octanol–water partition coefficient (Wildman–Crippen LogP) is 1.93. The van der Waals surface area contributed by atoms with Crippen molar-refractivity contribution in [3.8, 4) is 11.5 Å². The summed E-state index contributed by atoms with van der Waals surface area (Å²) >= 11 is 0. The van der Waals surface area contributed by atoms with Crippen molar-refractivity contribution in [1.82, 2.24) is 29.4 Å². The van der Waals surface area contributed by atoms with E-state index in [1.54, 1.807) is 12.0 Å². The molecule has 0 bridgehead atoms. The summed E-state index contributed by atoms with van der Waals surface area (Å²) in [6.45, 7) is 4.26. The Balaban J connectivity index is 1.74. The second-order valence-corrected chi connectivity index (χ2v) is 6.82. The van der Waals surface area contributed by atoms with E-state index in [1.807, 2.05) is 58.8 Å². The number of rotatable bonds is 7. The van der Waals surface area contributed by atoms with Gasteiger partial charge in [0.2, 0.25) is 5.91 Å². The third-order valence-electron chi connectivity index (χ3n) is 5.04. The van der Waals surface area contributed by atoms with Gasteiger partial charge >= 0.3 is 0 Å². The van der Waals surface area contributed by atoms with Crippen LogP contribution in [0.2, 0.25) is 0 Å². The summed E-state index contributed by atoms with van der Waals surface area (Å²) in [6.07, 6.45) is 2.49. The molecule has 4 rings (SSSR count). The third kappa shape index (κ3) is 3.43. The number of carbonyl (C=O) groups excluding carboxylic acids is 1. The van der Waals surface area contributed by atoms with Crippen molar-refractivity contribution in [2.24, 2.45) is 0 Å². The topological polar surface area (TPSA) is 78.1 Å². The highest BCUT2D eigenvalue weighted by Crippen LogP contribution is 2.30. The lowest BCUT2D eigenvalue weighted by atomic mass is 10.0. The Morgan fingerprint density at radius 2 is 2.00 bits per heavy atom. The quantitative estimate of drug-likeness (QED) is 0.626. The van der Waals surface area contributed by atoms with Crippen LogP contribution in [0.1, 0.15) is 24.4 Å². The second-order valence-electron chi connectivity index (χ2n) is 6.82. The number of carbonyl (C=O) groups is 1. The van der Waals surface area contributed by atoms with Crippen molar-refractivity contribution in [1.29, 1.82) is 0 Å². The monoisotopic (exact) mass is 380 g/mol. The third-order valence-corrected chi connectivity index (χ3v) is 5.04. The Bertz CT molecular complexity index is 949. The number of benzene rings is 1. The summed E-state index contributed by atoms with van der Waals surface area (Å²) in [5, 5.41) is 13.3. The van der Waals surface area contributed by atoms with Gasteiger partial charge in [0.1, 0.15) is 11.7 Å². The van der Waals surface area contributed by atoms with Crippen molar-refractivity contribution in [2.75, 3.05) is 20.3 Å². The smallest absolute Gasteiger partial charge is 0.246 e. The summed E-state index contributed by atoms with van der Waals surface area (Å²) in [5.41, 5.74) is 1.83. The summed E-state index contributed by atoms with van der Waals surface area (Å²) < 4.78 is 8.98. The van der Waals surface area contributed by atoms with Crippen LogP contribution in [-0.2, 0) is 29.0 Å². The maximum absolute atomic E-state index is 13.3. The van der Waals surface area contributed by atoms with E-state index in [4.69, 9.17) is 4.74 Å². The Labute approximate surface area is 163 Å². The molecule has 146 valence electrons. The first-order chi connectivity index (χ1) is 13.7. The van der Waals surface area contributed by atoms with Gasteiger partial charge in [0.15, 0.2) is 11.6 Å².